The molecule has 0 aliphatic heterocycles. The van der Waals surface area contributed by atoms with Crippen molar-refractivity contribution in [3.63, 3.8) is 0 Å². The summed E-state index contributed by atoms with van der Waals surface area (Å²) in [6.07, 6.45) is 3.73. The zero-order valence-electron chi connectivity index (χ0n) is 33.2. The normalized spacial score (nSPS) is 11.5. The molecule has 7 heteroatoms. The van der Waals surface area contributed by atoms with Crippen LogP contribution in [0.4, 0.5) is 11.4 Å². The number of para-hydroxylation sites is 4. The molecule has 0 saturated heterocycles. The van der Waals surface area contributed by atoms with Crippen LogP contribution in [0.15, 0.2) is 213 Å². The molecule has 4 heterocycles. The van der Waals surface area contributed by atoms with Gasteiger partial charge in [0.25, 0.3) is 0 Å². The fourth-order valence-electron chi connectivity index (χ4n) is 8.66. The minimum absolute atomic E-state index is 0.861. The minimum atomic E-state index is 0.861. The van der Waals surface area contributed by atoms with Crippen molar-refractivity contribution in [1.29, 1.82) is 0 Å². The number of rotatable bonds is 8. The van der Waals surface area contributed by atoms with Crippen LogP contribution in [0, 0.1) is 3.80 Å². The molecule has 0 atom stereocenters. The van der Waals surface area contributed by atoms with E-state index < -0.39 is 0 Å². The van der Waals surface area contributed by atoms with Gasteiger partial charge in [0, 0.05) is 18.0 Å². The number of hydrogen-bond donors (Lipinski definition) is 0. The Labute approximate surface area is 364 Å². The molecule has 0 saturated carbocycles. The molecule has 11 aromatic rings. The van der Waals surface area contributed by atoms with Crippen LogP contribution in [0.25, 0.3) is 83.5 Å². The molecule has 294 valence electrons. The first-order valence-electron chi connectivity index (χ1n) is 20.3. The number of aromatic nitrogens is 5. The second-order valence-electron chi connectivity index (χ2n) is 15.1. The van der Waals surface area contributed by atoms with Crippen molar-refractivity contribution >= 4 is 44.2 Å². The molecule has 0 radical (unpaired) electrons. The monoisotopic (exact) mass is 965 g/mol. The zero-order chi connectivity index (χ0) is 40.9. The average Bonchev–Trinajstić information content (AvgIpc) is 3.82. The van der Waals surface area contributed by atoms with Crippen LogP contribution in [-0.2, 0) is 19.4 Å². The summed E-state index contributed by atoms with van der Waals surface area (Å²) in [6, 6.07) is 71.1. The Morgan fingerprint density at radius 2 is 1.07 bits per heavy atom. The molecule has 4 aromatic heterocycles. The predicted molar refractivity (Wildman–Crippen MR) is 247 cm³/mol. The van der Waals surface area contributed by atoms with E-state index in [0.29, 0.717) is 0 Å². The molecule has 6 nitrogen and oxygen atoms in total. The van der Waals surface area contributed by atoms with Gasteiger partial charge in [-0.15, -0.1) is 0 Å². The fraction of sp³-hybridized carbons (Fsp3) is 0.0185. The van der Waals surface area contributed by atoms with Gasteiger partial charge in [0.15, 0.2) is 0 Å². The topological polar surface area (TPSA) is 43.8 Å². The molecule has 0 aliphatic carbocycles. The Balaban J connectivity index is 1.04. The standard InChI is InChI=1S/C54H38N6.Pt/c1-57(42-30-31-47-46-22-8-9-26-49(46)60(52(47)35-42)53-32-29-40(36-56-53)48-25-12-13-33-55-48)41-20-14-21-43(34-41)58-37-59(51-28-11-10-27-50(51)58)54-44(38-16-4-2-5-17-38)23-15-24-45(54)39-18-6-3-7-19-39;/h2-36H,1H3;. The third-order valence-electron chi connectivity index (χ3n) is 11.6. The molecule has 0 N–H and O–H groups in total. The van der Waals surface area contributed by atoms with E-state index >= 15 is 0 Å². The summed E-state index contributed by atoms with van der Waals surface area (Å²) in [5.74, 6) is 0.861. The molecule has 0 unspecified atom stereocenters. The van der Waals surface area contributed by atoms with Crippen LogP contribution < -0.4 is 4.90 Å². The summed E-state index contributed by atoms with van der Waals surface area (Å²) in [5.41, 5.74) is 15.4. The molecule has 0 bridgehead atoms. The van der Waals surface area contributed by atoms with Crippen molar-refractivity contribution in [3.8, 4) is 50.7 Å². The van der Waals surface area contributed by atoms with Gasteiger partial charge < -0.3 is 0 Å². The first kappa shape index (κ1) is 36.7. The van der Waals surface area contributed by atoms with Gasteiger partial charge in [-0.1, -0.05) is 18.2 Å². The first-order valence-corrected chi connectivity index (χ1v) is 21.4. The Morgan fingerprint density at radius 1 is 0.443 bits per heavy atom. The van der Waals surface area contributed by atoms with Crippen LogP contribution in [0.2, 0.25) is 0 Å². The van der Waals surface area contributed by atoms with Crippen molar-refractivity contribution < 1.29 is 19.4 Å². The summed E-state index contributed by atoms with van der Waals surface area (Å²) in [7, 11) is 2.15. The van der Waals surface area contributed by atoms with E-state index in [4.69, 9.17) is 4.98 Å². The van der Waals surface area contributed by atoms with Gasteiger partial charge in [-0.3, -0.25) is 4.98 Å². The zero-order valence-corrected chi connectivity index (χ0v) is 35.5. The van der Waals surface area contributed by atoms with Gasteiger partial charge in [0.2, 0.25) is 0 Å². The summed E-state index contributed by atoms with van der Waals surface area (Å²) in [4.78, 5) is 11.8. The molecular weight excluding hydrogens is 928 g/mol. The average molecular weight is 966 g/mol. The van der Waals surface area contributed by atoms with E-state index in [2.05, 4.69) is 232 Å². The molecule has 7 aromatic carbocycles. The van der Waals surface area contributed by atoms with Crippen LogP contribution >= 0.6 is 0 Å². The van der Waals surface area contributed by atoms with Gasteiger partial charge in [-0.25, -0.2) is 0 Å². The second-order valence-corrected chi connectivity index (χ2v) is 16.1. The summed E-state index contributed by atoms with van der Waals surface area (Å²) in [6.45, 7) is 0. The Hall–Kier alpha value is -7.40. The fourth-order valence-corrected chi connectivity index (χ4v) is 9.76. The third kappa shape index (κ3) is 6.35. The van der Waals surface area contributed by atoms with Crippen LogP contribution in [0.5, 0.6) is 0 Å². The summed E-state index contributed by atoms with van der Waals surface area (Å²) >= 11 is 2.52. The number of fused-ring (bicyclic) bond motifs is 4. The molecule has 0 aliphatic rings. The predicted octanol–water partition coefficient (Wildman–Crippen LogP) is 13.2. The van der Waals surface area contributed by atoms with Gasteiger partial charge in [-0.05, 0) is 18.2 Å². The summed E-state index contributed by atoms with van der Waals surface area (Å²) in [5, 5.41) is 2.37. The number of pyridine rings is 2. The number of anilines is 2. The molecule has 0 fully saturated rings. The van der Waals surface area contributed by atoms with Crippen LogP contribution in [0.1, 0.15) is 0 Å². The number of hydrogen-bond acceptors (Lipinski definition) is 3. The van der Waals surface area contributed by atoms with E-state index in [1.807, 2.05) is 30.6 Å². The number of imidazole rings is 1. The van der Waals surface area contributed by atoms with E-state index in [0.717, 1.165) is 65.7 Å². The van der Waals surface area contributed by atoms with E-state index in [-0.39, 0.29) is 0 Å². The quantitative estimate of drug-likeness (QED) is 0.152. The SMILES string of the molecule is CN(c1cccc(-n2[c](=[Pt])n(-c3c(-c4ccccc4)cccc3-c3ccccc3)c3ccccc32)c1)c1ccc2c3ccccc3n(-c3ccc(-c4ccccn4)cn3)c2c1. The van der Waals surface area contributed by atoms with Gasteiger partial charge in [0.1, 0.15) is 0 Å². The van der Waals surface area contributed by atoms with E-state index in [1.165, 1.54) is 33.0 Å². The Kier molecular flexibility index (Phi) is 9.21. The van der Waals surface area contributed by atoms with Gasteiger partial charge in [0.05, 0.1) is 5.69 Å². The van der Waals surface area contributed by atoms with Gasteiger partial charge >= 0.3 is 301 Å². The molecule has 11 rings (SSSR count). The Morgan fingerprint density at radius 3 is 1.75 bits per heavy atom. The summed E-state index contributed by atoms with van der Waals surface area (Å²) < 4.78 is 8.16. The maximum atomic E-state index is 4.98. The first-order chi connectivity index (χ1) is 30.1. The van der Waals surface area contributed by atoms with Crippen LogP contribution in [-0.4, -0.2) is 30.7 Å². The van der Waals surface area contributed by atoms with Crippen molar-refractivity contribution in [1.82, 2.24) is 23.7 Å². The van der Waals surface area contributed by atoms with E-state index in [1.54, 1.807) is 0 Å². The molecule has 61 heavy (non-hydrogen) atoms. The van der Waals surface area contributed by atoms with Crippen molar-refractivity contribution in [2.75, 3.05) is 11.9 Å². The second kappa shape index (κ2) is 15.3. The van der Waals surface area contributed by atoms with Crippen LogP contribution in [0.3, 0.4) is 0 Å². The molecule has 0 amide bonds. The van der Waals surface area contributed by atoms with Crippen molar-refractivity contribution in [3.05, 3.63) is 216 Å². The number of nitrogens with zero attached hydrogens (tertiary/aromatic N) is 6. The van der Waals surface area contributed by atoms with Crippen molar-refractivity contribution in [2.24, 2.45) is 0 Å². The Bertz CT molecular complexity index is 3380. The molecular formula is C54H38N6Pt. The number of benzene rings is 7. The van der Waals surface area contributed by atoms with E-state index in [9.17, 15) is 0 Å². The third-order valence-corrected chi connectivity index (χ3v) is 12.6. The van der Waals surface area contributed by atoms with Gasteiger partial charge in [-0.2, -0.15) is 0 Å². The van der Waals surface area contributed by atoms with Crippen molar-refractivity contribution in [2.45, 2.75) is 0 Å². The maximum absolute atomic E-state index is 4.98. The molecule has 0 spiro atoms.